The van der Waals surface area contributed by atoms with Crippen molar-refractivity contribution in [3.8, 4) is 0 Å². The van der Waals surface area contributed by atoms with Crippen molar-refractivity contribution in [2.24, 2.45) is 0 Å². The molecule has 0 aliphatic rings. The Morgan fingerprint density at radius 2 is 1.71 bits per heavy atom. The van der Waals surface area contributed by atoms with Crippen LogP contribution in [0.15, 0.2) is 0 Å². The lowest BCUT2D eigenvalue weighted by Crippen LogP contribution is -2.08. The first kappa shape index (κ1) is 8.02. The Hall–Kier alpha value is 1.02. The molecule has 44 valence electrons. The van der Waals surface area contributed by atoms with Crippen molar-refractivity contribution in [3.63, 3.8) is 0 Å². The summed E-state index contributed by atoms with van der Waals surface area (Å²) in [6.45, 7) is -0.525. The lowest BCUT2D eigenvalue weighted by molar-refractivity contribution is 0.526. The molecule has 0 radical (unpaired) electrons. The summed E-state index contributed by atoms with van der Waals surface area (Å²) in [4.78, 5) is 0. The van der Waals surface area contributed by atoms with Crippen molar-refractivity contribution in [1.29, 1.82) is 0 Å². The topological polar surface area (TPSA) is 0 Å². The maximum Gasteiger partial charge on any atom is 0.343 e. The van der Waals surface area contributed by atoms with Crippen LogP contribution in [0.2, 0.25) is 6.04 Å². The molecule has 0 nitrogen and oxygen atoms in total. The molecule has 0 aromatic rings. The lowest BCUT2D eigenvalue weighted by atomic mass is 10.9. The van der Waals surface area contributed by atoms with Gasteiger partial charge < -0.3 is 0 Å². The molecular weight excluding hydrogens is 177 g/mol. The van der Waals surface area contributed by atoms with E-state index in [9.17, 15) is 4.39 Å². The zero-order valence-electron chi connectivity index (χ0n) is 3.43. The second-order valence-corrected chi connectivity index (χ2v) is 10.3. The molecule has 0 saturated carbocycles. The van der Waals surface area contributed by atoms with Crippen LogP contribution in [0.5, 0.6) is 0 Å². The molecule has 0 bridgehead atoms. The van der Waals surface area contributed by atoms with E-state index in [1.54, 1.807) is 0 Å². The van der Waals surface area contributed by atoms with Gasteiger partial charge in [-0.15, -0.1) is 33.2 Å². The second-order valence-electron chi connectivity index (χ2n) is 1.05. The minimum absolute atomic E-state index is 0.109. The fraction of sp³-hybridized carbons (Fsp3) is 1.00. The van der Waals surface area contributed by atoms with Gasteiger partial charge in [0.2, 0.25) is 0 Å². The van der Waals surface area contributed by atoms with Gasteiger partial charge in [-0.25, -0.2) is 0 Å². The highest BCUT2D eigenvalue weighted by Crippen LogP contribution is 2.24. The summed E-state index contributed by atoms with van der Waals surface area (Å²) >= 11 is 15.8. The third kappa shape index (κ3) is 7.02. The van der Waals surface area contributed by atoms with Gasteiger partial charge >= 0.3 is 6.00 Å². The van der Waals surface area contributed by atoms with E-state index in [0.717, 1.165) is 0 Å². The number of rotatable bonds is 2. The van der Waals surface area contributed by atoms with E-state index in [1.807, 2.05) is 0 Å². The average Bonchev–Trinajstić information content (AvgIpc) is 1.30. The molecule has 0 aliphatic carbocycles. The van der Waals surface area contributed by atoms with Gasteiger partial charge in [0.15, 0.2) is 0 Å². The Bertz CT molecular complexity index is 51.4. The molecule has 0 saturated heterocycles. The molecule has 0 fully saturated rings. The van der Waals surface area contributed by atoms with Gasteiger partial charge in [-0.2, -0.15) is 0 Å². The summed E-state index contributed by atoms with van der Waals surface area (Å²) in [5, 5.41) is 0. The van der Waals surface area contributed by atoms with Crippen molar-refractivity contribution in [2.45, 2.75) is 6.04 Å². The molecule has 0 rings (SSSR count). The first-order chi connectivity index (χ1) is 3.06. The minimum Gasteiger partial charge on any atom is -0.251 e. The van der Waals surface area contributed by atoms with Crippen LogP contribution in [-0.2, 0) is 0 Å². The van der Waals surface area contributed by atoms with Crippen molar-refractivity contribution in [2.75, 3.05) is 6.67 Å². The predicted molar refractivity (Wildman–Crippen MR) is 34.1 cm³/mol. The van der Waals surface area contributed by atoms with Crippen molar-refractivity contribution < 1.29 is 4.39 Å². The summed E-state index contributed by atoms with van der Waals surface area (Å²) in [5.74, 6) is 0. The maximum absolute atomic E-state index is 11.3. The van der Waals surface area contributed by atoms with Crippen LogP contribution in [0.4, 0.5) is 4.39 Å². The Morgan fingerprint density at radius 1 is 1.29 bits per heavy atom. The quantitative estimate of drug-likeness (QED) is 0.454. The highest BCUT2D eigenvalue weighted by molar-refractivity contribution is 7.64. The minimum atomic E-state index is -2.62. The zero-order valence-corrected chi connectivity index (χ0v) is 6.69. The van der Waals surface area contributed by atoms with E-state index in [4.69, 9.17) is 33.2 Å². The van der Waals surface area contributed by atoms with E-state index < -0.39 is 12.7 Å². The zero-order chi connectivity index (χ0) is 5.91. The largest absolute Gasteiger partial charge is 0.343 e. The summed E-state index contributed by atoms with van der Waals surface area (Å²) in [7, 11) is 0. The number of hydrogen-bond acceptors (Lipinski definition) is 0. The van der Waals surface area contributed by atoms with Crippen LogP contribution < -0.4 is 0 Å². The third-order valence-electron chi connectivity index (χ3n) is 0.378. The average molecular weight is 181 g/mol. The fourth-order valence-electron chi connectivity index (χ4n) is 0.107. The molecule has 5 heteroatoms. The van der Waals surface area contributed by atoms with Gasteiger partial charge in [-0.3, -0.25) is 4.39 Å². The molecule has 0 atom stereocenters. The Morgan fingerprint density at radius 3 is 1.71 bits per heavy atom. The van der Waals surface area contributed by atoms with E-state index in [2.05, 4.69) is 0 Å². The first-order valence-electron chi connectivity index (χ1n) is 1.69. The maximum atomic E-state index is 11.3. The van der Waals surface area contributed by atoms with Crippen LogP contribution in [0.1, 0.15) is 0 Å². The third-order valence-corrected chi connectivity index (χ3v) is 2.83. The molecule has 0 N–H and O–H groups in total. The van der Waals surface area contributed by atoms with Gasteiger partial charge in [0.1, 0.15) is 0 Å². The van der Waals surface area contributed by atoms with E-state index >= 15 is 0 Å². The second kappa shape index (κ2) is 3.12. The molecular formula is C2H4Cl3FSi. The summed E-state index contributed by atoms with van der Waals surface area (Å²) in [5.41, 5.74) is 0. The normalized spacial score (nSPS) is 12.0. The van der Waals surface area contributed by atoms with E-state index in [-0.39, 0.29) is 6.04 Å². The molecule has 0 aromatic heterocycles. The Kier molecular flexibility index (Phi) is 3.58. The lowest BCUT2D eigenvalue weighted by Gasteiger charge is -2.00. The standard InChI is InChI=1S/C2H4Cl3FSi/c3-7(4,5)2-1-6/h1-2H2. The van der Waals surface area contributed by atoms with Crippen molar-refractivity contribution >= 4 is 39.2 Å². The summed E-state index contributed by atoms with van der Waals surface area (Å²) < 4.78 is 11.3. The van der Waals surface area contributed by atoms with E-state index in [0.29, 0.717) is 0 Å². The number of hydrogen-bond donors (Lipinski definition) is 0. The van der Waals surface area contributed by atoms with Gasteiger partial charge in [0.05, 0.1) is 6.67 Å². The van der Waals surface area contributed by atoms with Gasteiger partial charge in [0.25, 0.3) is 0 Å². The highest BCUT2D eigenvalue weighted by atomic mass is 35.8. The predicted octanol–water partition coefficient (Wildman–Crippen LogP) is 2.61. The molecule has 0 unspecified atom stereocenters. The summed E-state index contributed by atoms with van der Waals surface area (Å²) in [6, 6.07) is -2.51. The molecule has 7 heavy (non-hydrogen) atoms. The molecule has 0 aliphatic heterocycles. The number of halogens is 4. The molecule has 0 amide bonds. The smallest absolute Gasteiger partial charge is 0.251 e. The molecule has 0 spiro atoms. The molecule has 0 aromatic carbocycles. The van der Waals surface area contributed by atoms with E-state index in [1.165, 1.54) is 0 Å². The Balaban J connectivity index is 3.15. The summed E-state index contributed by atoms with van der Waals surface area (Å²) in [6.07, 6.45) is 0. The van der Waals surface area contributed by atoms with Crippen LogP contribution >= 0.6 is 33.2 Å². The van der Waals surface area contributed by atoms with Crippen molar-refractivity contribution in [3.05, 3.63) is 0 Å². The van der Waals surface area contributed by atoms with Crippen LogP contribution in [0.25, 0.3) is 0 Å². The fourth-order valence-corrected chi connectivity index (χ4v) is 0.964. The Labute approximate surface area is 56.7 Å². The van der Waals surface area contributed by atoms with Gasteiger partial charge in [-0.05, 0) is 0 Å². The van der Waals surface area contributed by atoms with Crippen LogP contribution in [0, 0.1) is 0 Å². The highest BCUT2D eigenvalue weighted by Gasteiger charge is 2.23. The molecule has 0 heterocycles. The number of alkyl halides is 1. The van der Waals surface area contributed by atoms with Gasteiger partial charge in [-0.1, -0.05) is 0 Å². The van der Waals surface area contributed by atoms with Crippen molar-refractivity contribution in [1.82, 2.24) is 0 Å². The first-order valence-corrected chi connectivity index (χ1v) is 6.93. The SMILES string of the molecule is FCC[Si](Cl)(Cl)Cl. The van der Waals surface area contributed by atoms with Gasteiger partial charge in [0, 0.05) is 6.04 Å². The van der Waals surface area contributed by atoms with Crippen LogP contribution in [-0.4, -0.2) is 12.7 Å². The van der Waals surface area contributed by atoms with Crippen LogP contribution in [0.3, 0.4) is 0 Å². The monoisotopic (exact) mass is 180 g/mol.